The van der Waals surface area contributed by atoms with Crippen LogP contribution in [0.4, 0.5) is 0 Å². The van der Waals surface area contributed by atoms with E-state index in [-0.39, 0.29) is 39.1 Å². The molecule has 0 heterocycles. The Labute approximate surface area is 107 Å². The van der Waals surface area contributed by atoms with Crippen LogP contribution in [-0.4, -0.2) is 34.4 Å². The fourth-order valence-corrected chi connectivity index (χ4v) is 1.18. The van der Waals surface area contributed by atoms with E-state index in [2.05, 4.69) is 5.32 Å². The quantitative estimate of drug-likeness (QED) is 0.464. The van der Waals surface area contributed by atoms with E-state index < -0.39 is 5.97 Å². The van der Waals surface area contributed by atoms with Gasteiger partial charge in [-0.1, -0.05) is 6.07 Å². The third kappa shape index (κ3) is 5.14. The van der Waals surface area contributed by atoms with Gasteiger partial charge in [-0.25, -0.2) is 0 Å². The van der Waals surface area contributed by atoms with E-state index in [1.165, 1.54) is 12.1 Å². The van der Waals surface area contributed by atoms with E-state index >= 15 is 0 Å². The number of hydrogen-bond donors (Lipinski definition) is 4. The molecule has 0 aliphatic heterocycles. The van der Waals surface area contributed by atoms with Crippen molar-refractivity contribution in [3.05, 3.63) is 23.8 Å². The predicted octanol–water partition coefficient (Wildman–Crippen LogP) is 0.312. The third-order valence-electron chi connectivity index (χ3n) is 1.92. The number of phenols is 2. The second-order valence-corrected chi connectivity index (χ2v) is 3.13. The number of carboxylic acid groups (broad SMARTS) is 1. The molecule has 0 amide bonds. The maximum Gasteiger partial charge on any atom is 0.317 e. The maximum atomic E-state index is 10.2. The van der Waals surface area contributed by atoms with E-state index in [1.807, 2.05) is 0 Å². The van der Waals surface area contributed by atoms with Gasteiger partial charge in [0, 0.05) is 27.1 Å². The molecule has 88 valence electrons. The van der Waals surface area contributed by atoms with Crippen molar-refractivity contribution in [1.82, 2.24) is 5.32 Å². The van der Waals surface area contributed by atoms with Crippen LogP contribution in [0.25, 0.3) is 0 Å². The second kappa shape index (κ2) is 7.25. The molecule has 0 aliphatic carbocycles. The molecule has 4 N–H and O–H groups in total. The molecule has 1 aromatic rings. The van der Waals surface area contributed by atoms with E-state index in [1.54, 1.807) is 6.07 Å². The van der Waals surface area contributed by atoms with Gasteiger partial charge in [-0.3, -0.25) is 4.79 Å². The Morgan fingerprint density at radius 3 is 2.56 bits per heavy atom. The average Bonchev–Trinajstić information content (AvgIpc) is 2.14. The van der Waals surface area contributed by atoms with Gasteiger partial charge in [0.15, 0.2) is 0 Å². The summed E-state index contributed by atoms with van der Waals surface area (Å²) < 4.78 is 0. The summed E-state index contributed by atoms with van der Waals surface area (Å²) >= 11 is 0. The van der Waals surface area contributed by atoms with Gasteiger partial charge in [0.1, 0.15) is 11.5 Å². The SMILES string of the molecule is O=C(O)CNCCc1ccc(O)cc1O.[Mo]. The zero-order valence-corrected chi connectivity index (χ0v) is 10.5. The van der Waals surface area contributed by atoms with E-state index in [9.17, 15) is 9.90 Å². The Kier molecular flexibility index (Phi) is 6.77. The number of aromatic hydroxyl groups is 2. The van der Waals surface area contributed by atoms with Crippen molar-refractivity contribution >= 4 is 5.97 Å². The van der Waals surface area contributed by atoms with Gasteiger partial charge in [0.25, 0.3) is 0 Å². The first-order valence-corrected chi connectivity index (χ1v) is 4.53. The third-order valence-corrected chi connectivity index (χ3v) is 1.92. The van der Waals surface area contributed by atoms with Crippen molar-refractivity contribution in [1.29, 1.82) is 0 Å². The first kappa shape index (κ1) is 14.9. The van der Waals surface area contributed by atoms with Crippen LogP contribution in [-0.2, 0) is 32.3 Å². The number of rotatable bonds is 5. The number of phenolic OH excluding ortho intramolecular Hbond substituents is 2. The van der Waals surface area contributed by atoms with Gasteiger partial charge in [-0.05, 0) is 24.6 Å². The molecule has 0 bridgehead atoms. The number of aliphatic carboxylic acids is 1. The Morgan fingerprint density at radius 1 is 1.31 bits per heavy atom. The number of hydrogen-bond acceptors (Lipinski definition) is 4. The molecular weight excluding hydrogens is 294 g/mol. The molecule has 0 radical (unpaired) electrons. The van der Waals surface area contributed by atoms with Gasteiger partial charge in [0.05, 0.1) is 6.54 Å². The molecule has 0 aromatic heterocycles. The number of nitrogens with one attached hydrogen (secondary N) is 1. The molecule has 0 saturated heterocycles. The first-order valence-electron chi connectivity index (χ1n) is 4.53. The summed E-state index contributed by atoms with van der Waals surface area (Å²) in [7, 11) is 0. The van der Waals surface area contributed by atoms with E-state index in [0.717, 1.165) is 0 Å². The summed E-state index contributed by atoms with van der Waals surface area (Å²) in [5, 5.41) is 29.5. The van der Waals surface area contributed by atoms with Crippen molar-refractivity contribution in [2.75, 3.05) is 13.1 Å². The summed E-state index contributed by atoms with van der Waals surface area (Å²) in [5.74, 6) is -0.883. The Morgan fingerprint density at radius 2 is 2.00 bits per heavy atom. The molecule has 0 saturated carbocycles. The Bertz CT molecular complexity index is 357. The van der Waals surface area contributed by atoms with Crippen molar-refractivity contribution < 1.29 is 41.2 Å². The molecule has 16 heavy (non-hydrogen) atoms. The van der Waals surface area contributed by atoms with Gasteiger partial charge in [-0.15, -0.1) is 0 Å². The fourth-order valence-electron chi connectivity index (χ4n) is 1.18. The van der Waals surface area contributed by atoms with Crippen molar-refractivity contribution in [2.24, 2.45) is 0 Å². The van der Waals surface area contributed by atoms with Crippen LogP contribution < -0.4 is 5.32 Å². The molecule has 5 nitrogen and oxygen atoms in total. The van der Waals surface area contributed by atoms with Crippen molar-refractivity contribution in [2.45, 2.75) is 6.42 Å². The van der Waals surface area contributed by atoms with Gasteiger partial charge in [0.2, 0.25) is 0 Å². The topological polar surface area (TPSA) is 89.8 Å². The predicted molar refractivity (Wildman–Crippen MR) is 54.0 cm³/mol. The van der Waals surface area contributed by atoms with Crippen LogP contribution in [0.1, 0.15) is 5.56 Å². The average molecular weight is 307 g/mol. The molecule has 1 aromatic carbocycles. The van der Waals surface area contributed by atoms with E-state index in [4.69, 9.17) is 10.2 Å². The monoisotopic (exact) mass is 309 g/mol. The summed E-state index contributed by atoms with van der Waals surface area (Å²) in [6.07, 6.45) is 0.513. The van der Waals surface area contributed by atoms with Gasteiger partial charge < -0.3 is 20.6 Å². The Hall–Kier alpha value is -1.06. The number of carbonyl (C=O) groups is 1. The van der Waals surface area contributed by atoms with Crippen LogP contribution in [0.5, 0.6) is 11.5 Å². The minimum absolute atomic E-state index is 0. The molecule has 6 heteroatoms. The van der Waals surface area contributed by atoms with Crippen LogP contribution in [0.15, 0.2) is 18.2 Å². The fraction of sp³-hybridized carbons (Fsp3) is 0.300. The Balaban J connectivity index is 0.00000225. The summed E-state index contributed by atoms with van der Waals surface area (Å²) in [6.45, 7) is 0.365. The number of carboxylic acids is 1. The molecule has 0 aliphatic rings. The molecule has 0 unspecified atom stereocenters. The smallest absolute Gasteiger partial charge is 0.317 e. The van der Waals surface area contributed by atoms with E-state index in [0.29, 0.717) is 18.5 Å². The number of benzene rings is 1. The molecule has 0 fully saturated rings. The second-order valence-electron chi connectivity index (χ2n) is 3.13. The zero-order chi connectivity index (χ0) is 11.3. The van der Waals surface area contributed by atoms with Crippen LogP contribution in [0.2, 0.25) is 0 Å². The van der Waals surface area contributed by atoms with Gasteiger partial charge >= 0.3 is 5.97 Å². The minimum atomic E-state index is -0.912. The van der Waals surface area contributed by atoms with Crippen molar-refractivity contribution in [3.63, 3.8) is 0 Å². The van der Waals surface area contributed by atoms with Crippen LogP contribution in [0.3, 0.4) is 0 Å². The standard InChI is InChI=1S/C10H13NO4.Mo/c12-8-2-1-7(9(13)5-8)3-4-11-6-10(14)15;/h1-2,5,11-13H,3-4,6H2,(H,14,15);. The van der Waals surface area contributed by atoms with Gasteiger partial charge in [-0.2, -0.15) is 0 Å². The minimum Gasteiger partial charge on any atom is -0.508 e. The molecule has 0 atom stereocenters. The van der Waals surface area contributed by atoms with Crippen molar-refractivity contribution in [3.8, 4) is 11.5 Å². The molecule has 0 spiro atoms. The largest absolute Gasteiger partial charge is 0.508 e. The summed E-state index contributed by atoms with van der Waals surface area (Å²) in [5.41, 5.74) is 0.672. The van der Waals surface area contributed by atoms with Crippen LogP contribution in [0, 0.1) is 0 Å². The maximum absolute atomic E-state index is 10.2. The molecular formula is C10H13MoNO4. The summed E-state index contributed by atoms with van der Waals surface area (Å²) in [6, 6.07) is 4.34. The summed E-state index contributed by atoms with van der Waals surface area (Å²) in [4.78, 5) is 10.2. The normalized spacial score (nSPS) is 9.50. The molecule has 1 rings (SSSR count). The zero-order valence-electron chi connectivity index (χ0n) is 8.51. The first-order chi connectivity index (χ1) is 7.09. The van der Waals surface area contributed by atoms with Crippen LogP contribution >= 0.6 is 0 Å².